The van der Waals surface area contributed by atoms with Crippen molar-refractivity contribution in [3.63, 3.8) is 0 Å². The zero-order valence-corrected chi connectivity index (χ0v) is 14.6. The first-order valence-corrected chi connectivity index (χ1v) is 8.86. The minimum Gasteiger partial charge on any atom is -0.481 e. The van der Waals surface area contributed by atoms with Crippen LogP contribution in [-0.2, 0) is 20.8 Å². The molecule has 2 aliphatic heterocycles. The monoisotopic (exact) mass is 364 g/mol. The van der Waals surface area contributed by atoms with Crippen molar-refractivity contribution in [3.05, 3.63) is 34.9 Å². The summed E-state index contributed by atoms with van der Waals surface area (Å²) in [7, 11) is 0. The molecule has 1 aromatic rings. The lowest BCUT2D eigenvalue weighted by molar-refractivity contribution is -0.141. The van der Waals surface area contributed by atoms with Crippen LogP contribution >= 0.6 is 11.6 Å². The number of amides is 2. The highest BCUT2D eigenvalue weighted by Crippen LogP contribution is 2.26. The summed E-state index contributed by atoms with van der Waals surface area (Å²) in [5.74, 6) is -1.53. The molecule has 2 amide bonds. The predicted octanol–water partition coefficient (Wildman–Crippen LogP) is 1.81. The summed E-state index contributed by atoms with van der Waals surface area (Å²) in [6, 6.07) is 7.28. The number of nitrogens with zero attached hydrogens (tertiary/aromatic N) is 2. The molecule has 2 fully saturated rings. The number of hydrogen-bond acceptors (Lipinski definition) is 3. The molecule has 2 saturated heterocycles. The standard InChI is InChI=1S/C18H21ClN2O4/c19-14-3-1-12(2-4-14)9-16(22)20-7-5-15(6-8-20)21-11-13(18(24)25)10-17(21)23/h1-4,13,15H,5-11H2,(H,24,25). The number of rotatable bonds is 4. The van der Waals surface area contributed by atoms with Crippen molar-refractivity contribution in [2.75, 3.05) is 19.6 Å². The summed E-state index contributed by atoms with van der Waals surface area (Å²) in [4.78, 5) is 39.0. The van der Waals surface area contributed by atoms with Gasteiger partial charge in [0.1, 0.15) is 0 Å². The van der Waals surface area contributed by atoms with E-state index in [9.17, 15) is 14.4 Å². The molecule has 134 valence electrons. The number of halogens is 1. The molecular formula is C18H21ClN2O4. The average Bonchev–Trinajstić information content (AvgIpc) is 2.99. The highest BCUT2D eigenvalue weighted by molar-refractivity contribution is 6.30. The second-order valence-corrected chi connectivity index (χ2v) is 7.14. The Labute approximate surface area is 151 Å². The van der Waals surface area contributed by atoms with Gasteiger partial charge in [0.25, 0.3) is 0 Å². The number of aliphatic carboxylic acids is 1. The van der Waals surface area contributed by atoms with E-state index in [0.29, 0.717) is 37.4 Å². The van der Waals surface area contributed by atoms with Crippen molar-refractivity contribution in [2.45, 2.75) is 31.7 Å². The van der Waals surface area contributed by atoms with Gasteiger partial charge >= 0.3 is 5.97 Å². The van der Waals surface area contributed by atoms with Crippen LogP contribution in [0.3, 0.4) is 0 Å². The molecule has 1 unspecified atom stereocenters. The van der Waals surface area contributed by atoms with Crippen molar-refractivity contribution in [1.82, 2.24) is 9.80 Å². The van der Waals surface area contributed by atoms with Crippen LogP contribution in [0.15, 0.2) is 24.3 Å². The first kappa shape index (κ1) is 17.7. The average molecular weight is 365 g/mol. The van der Waals surface area contributed by atoms with Gasteiger partial charge in [0.05, 0.1) is 12.3 Å². The van der Waals surface area contributed by atoms with Crippen LogP contribution in [0, 0.1) is 5.92 Å². The van der Waals surface area contributed by atoms with Gasteiger partial charge in [0.15, 0.2) is 0 Å². The molecule has 7 heteroatoms. The maximum atomic E-state index is 12.4. The number of hydrogen-bond donors (Lipinski definition) is 1. The van der Waals surface area contributed by atoms with Gasteiger partial charge < -0.3 is 14.9 Å². The number of benzene rings is 1. The summed E-state index contributed by atoms with van der Waals surface area (Å²) in [5, 5.41) is 9.72. The minimum absolute atomic E-state index is 0.0384. The fourth-order valence-corrected chi connectivity index (χ4v) is 3.69. The van der Waals surface area contributed by atoms with Crippen LogP contribution in [0.4, 0.5) is 0 Å². The Morgan fingerprint density at radius 2 is 1.80 bits per heavy atom. The number of likely N-dealkylation sites (tertiary alicyclic amines) is 2. The lowest BCUT2D eigenvalue weighted by atomic mass is 10.0. The fourth-order valence-electron chi connectivity index (χ4n) is 3.57. The third-order valence-electron chi connectivity index (χ3n) is 5.03. The van der Waals surface area contributed by atoms with E-state index in [2.05, 4.69) is 0 Å². The van der Waals surface area contributed by atoms with E-state index >= 15 is 0 Å². The lowest BCUT2D eigenvalue weighted by Gasteiger charge is -2.36. The van der Waals surface area contributed by atoms with E-state index in [4.69, 9.17) is 16.7 Å². The van der Waals surface area contributed by atoms with Crippen LogP contribution in [0.1, 0.15) is 24.8 Å². The van der Waals surface area contributed by atoms with E-state index in [1.807, 2.05) is 17.0 Å². The normalized spacial score (nSPS) is 21.6. The highest BCUT2D eigenvalue weighted by atomic mass is 35.5. The molecule has 2 aliphatic rings. The number of carboxylic acids is 1. The molecule has 1 N–H and O–H groups in total. The molecular weight excluding hydrogens is 344 g/mol. The summed E-state index contributed by atoms with van der Waals surface area (Å²) >= 11 is 5.85. The molecule has 1 atom stereocenters. The fraction of sp³-hybridized carbons (Fsp3) is 0.500. The molecule has 0 saturated carbocycles. The van der Waals surface area contributed by atoms with Crippen molar-refractivity contribution in [3.8, 4) is 0 Å². The topological polar surface area (TPSA) is 77.9 Å². The molecule has 0 aromatic heterocycles. The zero-order valence-electron chi connectivity index (χ0n) is 13.9. The quantitative estimate of drug-likeness (QED) is 0.883. The number of piperidine rings is 1. The van der Waals surface area contributed by atoms with E-state index in [0.717, 1.165) is 5.56 Å². The number of carbonyl (C=O) groups excluding carboxylic acids is 2. The van der Waals surface area contributed by atoms with Crippen molar-refractivity contribution < 1.29 is 19.5 Å². The van der Waals surface area contributed by atoms with Crippen LogP contribution in [-0.4, -0.2) is 58.4 Å². The third kappa shape index (κ3) is 4.12. The molecule has 2 heterocycles. The Bertz CT molecular complexity index is 668. The van der Waals surface area contributed by atoms with Gasteiger partial charge in [-0.05, 0) is 30.5 Å². The third-order valence-corrected chi connectivity index (χ3v) is 5.29. The van der Waals surface area contributed by atoms with Gasteiger partial charge in [0, 0.05) is 37.1 Å². The first-order valence-electron chi connectivity index (χ1n) is 8.48. The van der Waals surface area contributed by atoms with Crippen molar-refractivity contribution in [1.29, 1.82) is 0 Å². The van der Waals surface area contributed by atoms with Crippen LogP contribution in [0.5, 0.6) is 0 Å². The molecule has 0 radical (unpaired) electrons. The Balaban J connectivity index is 1.51. The van der Waals surface area contributed by atoms with Crippen LogP contribution in [0.2, 0.25) is 5.02 Å². The molecule has 0 spiro atoms. The van der Waals surface area contributed by atoms with Crippen LogP contribution < -0.4 is 0 Å². The summed E-state index contributed by atoms with van der Waals surface area (Å²) in [5.41, 5.74) is 0.926. The molecule has 25 heavy (non-hydrogen) atoms. The Morgan fingerprint density at radius 3 is 2.36 bits per heavy atom. The van der Waals surface area contributed by atoms with Crippen molar-refractivity contribution in [2.24, 2.45) is 5.92 Å². The van der Waals surface area contributed by atoms with Crippen LogP contribution in [0.25, 0.3) is 0 Å². The minimum atomic E-state index is -0.911. The largest absolute Gasteiger partial charge is 0.481 e. The lowest BCUT2D eigenvalue weighted by Crippen LogP contribution is -2.47. The van der Waals surface area contributed by atoms with Gasteiger partial charge in [-0.1, -0.05) is 23.7 Å². The van der Waals surface area contributed by atoms with Gasteiger partial charge in [-0.15, -0.1) is 0 Å². The summed E-state index contributed by atoms with van der Waals surface area (Å²) < 4.78 is 0. The maximum absolute atomic E-state index is 12.4. The highest BCUT2D eigenvalue weighted by Gasteiger charge is 2.39. The van der Waals surface area contributed by atoms with Gasteiger partial charge in [-0.2, -0.15) is 0 Å². The van der Waals surface area contributed by atoms with Gasteiger partial charge in [0.2, 0.25) is 11.8 Å². The maximum Gasteiger partial charge on any atom is 0.308 e. The van der Waals surface area contributed by atoms with E-state index in [-0.39, 0.29) is 30.8 Å². The van der Waals surface area contributed by atoms with Gasteiger partial charge in [-0.25, -0.2) is 0 Å². The molecule has 0 bridgehead atoms. The van der Waals surface area contributed by atoms with E-state index in [1.165, 1.54) is 0 Å². The summed E-state index contributed by atoms with van der Waals surface area (Å²) in [6.07, 6.45) is 1.82. The van der Waals surface area contributed by atoms with Gasteiger partial charge in [-0.3, -0.25) is 14.4 Å². The molecule has 6 nitrogen and oxygen atoms in total. The molecule has 0 aliphatic carbocycles. The van der Waals surface area contributed by atoms with Crippen molar-refractivity contribution >= 4 is 29.4 Å². The summed E-state index contributed by atoms with van der Waals surface area (Å²) in [6.45, 7) is 1.48. The zero-order chi connectivity index (χ0) is 18.0. The van der Waals surface area contributed by atoms with E-state index < -0.39 is 11.9 Å². The van der Waals surface area contributed by atoms with E-state index in [1.54, 1.807) is 17.0 Å². The molecule has 3 rings (SSSR count). The first-order chi connectivity index (χ1) is 11.9. The molecule has 1 aromatic carbocycles. The Morgan fingerprint density at radius 1 is 1.16 bits per heavy atom. The predicted molar refractivity (Wildman–Crippen MR) is 92.2 cm³/mol. The SMILES string of the molecule is O=C(O)C1CC(=O)N(C2CCN(C(=O)Cc3ccc(Cl)cc3)CC2)C1. The number of carbonyl (C=O) groups is 3. The second kappa shape index (κ2) is 7.44. The smallest absolute Gasteiger partial charge is 0.308 e. The second-order valence-electron chi connectivity index (χ2n) is 6.70. The Kier molecular flexibility index (Phi) is 5.27. The Hall–Kier alpha value is -2.08. The number of carboxylic acid groups (broad SMARTS) is 1.